The number of hydrogen-bond acceptors (Lipinski definition) is 3. The molecule has 2 saturated heterocycles. The number of hydrogen-bond donors (Lipinski definition) is 1. The second kappa shape index (κ2) is 5.05. The molecule has 2 atom stereocenters. The predicted molar refractivity (Wildman–Crippen MR) is 85.3 cm³/mol. The number of carbonyl (C=O) groups excluding carboxylic acids is 2. The van der Waals surface area contributed by atoms with Crippen molar-refractivity contribution < 1.29 is 9.59 Å². The maximum Gasteiger partial charge on any atom is 0.248 e. The lowest BCUT2D eigenvalue weighted by Gasteiger charge is -2.30. The summed E-state index contributed by atoms with van der Waals surface area (Å²) in [5.74, 6) is 0.704. The van der Waals surface area contributed by atoms with Gasteiger partial charge in [0.15, 0.2) is 0 Å². The molecule has 2 fully saturated rings. The van der Waals surface area contributed by atoms with E-state index in [1.807, 2.05) is 32.0 Å². The van der Waals surface area contributed by atoms with Crippen molar-refractivity contribution in [3.8, 4) is 0 Å². The van der Waals surface area contributed by atoms with E-state index >= 15 is 0 Å². The molecule has 3 rings (SSSR count). The summed E-state index contributed by atoms with van der Waals surface area (Å²) in [6.45, 7) is 6.07. The molecule has 112 valence electrons. The molecule has 0 radical (unpaired) electrons. The summed E-state index contributed by atoms with van der Waals surface area (Å²) in [7, 11) is 0. The topological polar surface area (TPSA) is 49.4 Å². The van der Waals surface area contributed by atoms with Crippen molar-refractivity contribution in [1.82, 2.24) is 4.90 Å². The predicted octanol–water partition coefficient (Wildman–Crippen LogP) is 2.70. The van der Waals surface area contributed by atoms with Crippen LogP contribution < -0.4 is 5.32 Å². The Morgan fingerprint density at radius 3 is 2.90 bits per heavy atom. The molecule has 0 aliphatic carbocycles. The Morgan fingerprint density at radius 2 is 2.19 bits per heavy atom. The molecular weight excluding hydrogens is 284 g/mol. The average molecular weight is 304 g/mol. The normalized spacial score (nSPS) is 27.9. The van der Waals surface area contributed by atoms with E-state index in [1.54, 1.807) is 16.7 Å². The van der Waals surface area contributed by atoms with Crippen LogP contribution in [0, 0.1) is 13.8 Å². The number of nitrogens with one attached hydrogen (secondary N) is 1. The highest BCUT2D eigenvalue weighted by Crippen LogP contribution is 2.47. The number of anilines is 1. The SMILES string of the molecule is Cc1ccc(NC(=O)C2CSC3(C)CCC(=O)N23)c(C)c1. The molecule has 21 heavy (non-hydrogen) atoms. The van der Waals surface area contributed by atoms with Crippen molar-refractivity contribution in [3.63, 3.8) is 0 Å². The first-order valence-electron chi connectivity index (χ1n) is 7.25. The van der Waals surface area contributed by atoms with Gasteiger partial charge in [-0.3, -0.25) is 9.59 Å². The standard InChI is InChI=1S/C16H20N2O2S/c1-10-4-5-12(11(2)8-10)17-15(20)13-9-21-16(3)7-6-14(19)18(13)16/h4-5,8,13H,6-7,9H2,1-3H3,(H,17,20). The number of fused-ring (bicyclic) bond motifs is 1. The van der Waals surface area contributed by atoms with Crippen LogP contribution in [0.4, 0.5) is 5.69 Å². The number of amides is 2. The summed E-state index contributed by atoms with van der Waals surface area (Å²) in [6, 6.07) is 5.60. The number of aryl methyl sites for hydroxylation is 2. The van der Waals surface area contributed by atoms with Crippen LogP contribution in [0.5, 0.6) is 0 Å². The Bertz CT molecular complexity index is 616. The van der Waals surface area contributed by atoms with Gasteiger partial charge in [0, 0.05) is 17.9 Å². The van der Waals surface area contributed by atoms with Crippen LogP contribution in [-0.2, 0) is 9.59 Å². The van der Waals surface area contributed by atoms with Gasteiger partial charge in [0.05, 0.1) is 4.87 Å². The zero-order valence-corrected chi connectivity index (χ0v) is 13.4. The van der Waals surface area contributed by atoms with Crippen molar-refractivity contribution in [3.05, 3.63) is 29.3 Å². The van der Waals surface area contributed by atoms with Gasteiger partial charge < -0.3 is 10.2 Å². The summed E-state index contributed by atoms with van der Waals surface area (Å²) in [5, 5.41) is 2.98. The molecule has 5 heteroatoms. The fourth-order valence-corrected chi connectivity index (χ4v) is 4.62. The van der Waals surface area contributed by atoms with Crippen LogP contribution in [0.2, 0.25) is 0 Å². The number of carbonyl (C=O) groups is 2. The Hall–Kier alpha value is -1.49. The molecule has 0 aromatic heterocycles. The number of rotatable bonds is 2. The summed E-state index contributed by atoms with van der Waals surface area (Å²) < 4.78 is 0. The van der Waals surface area contributed by atoms with E-state index in [-0.39, 0.29) is 22.7 Å². The summed E-state index contributed by atoms with van der Waals surface area (Å²) in [5.41, 5.74) is 3.05. The molecule has 0 spiro atoms. The van der Waals surface area contributed by atoms with E-state index in [0.717, 1.165) is 17.7 Å². The van der Waals surface area contributed by atoms with Crippen LogP contribution in [0.1, 0.15) is 30.9 Å². The minimum absolute atomic E-state index is 0.0755. The molecule has 2 aliphatic rings. The van der Waals surface area contributed by atoms with Crippen LogP contribution in [0.15, 0.2) is 18.2 Å². The number of thioether (sulfide) groups is 1. The first kappa shape index (κ1) is 14.4. The Balaban J connectivity index is 1.78. The lowest BCUT2D eigenvalue weighted by atomic mass is 10.1. The molecule has 2 heterocycles. The summed E-state index contributed by atoms with van der Waals surface area (Å²) >= 11 is 1.72. The van der Waals surface area contributed by atoms with E-state index in [2.05, 4.69) is 12.2 Å². The minimum Gasteiger partial charge on any atom is -0.324 e. The molecule has 2 amide bonds. The van der Waals surface area contributed by atoms with E-state index in [4.69, 9.17) is 0 Å². The van der Waals surface area contributed by atoms with E-state index in [1.165, 1.54) is 5.56 Å². The Morgan fingerprint density at radius 1 is 1.43 bits per heavy atom. The largest absolute Gasteiger partial charge is 0.324 e. The molecule has 0 saturated carbocycles. The van der Waals surface area contributed by atoms with Gasteiger partial charge in [0.1, 0.15) is 6.04 Å². The van der Waals surface area contributed by atoms with E-state index in [0.29, 0.717) is 12.2 Å². The van der Waals surface area contributed by atoms with Crippen molar-refractivity contribution in [2.75, 3.05) is 11.1 Å². The number of nitrogens with zero attached hydrogens (tertiary/aromatic N) is 1. The zero-order chi connectivity index (χ0) is 15.2. The van der Waals surface area contributed by atoms with Crippen molar-refractivity contribution in [2.24, 2.45) is 0 Å². The van der Waals surface area contributed by atoms with E-state index in [9.17, 15) is 9.59 Å². The van der Waals surface area contributed by atoms with Crippen LogP contribution >= 0.6 is 11.8 Å². The van der Waals surface area contributed by atoms with Gasteiger partial charge in [-0.05, 0) is 38.8 Å². The highest BCUT2D eigenvalue weighted by Gasteiger charge is 2.52. The molecular formula is C16H20N2O2S. The van der Waals surface area contributed by atoms with Crippen LogP contribution in [-0.4, -0.2) is 33.4 Å². The Kier molecular flexibility index (Phi) is 3.48. The highest BCUT2D eigenvalue weighted by atomic mass is 32.2. The van der Waals surface area contributed by atoms with Gasteiger partial charge in [-0.15, -0.1) is 11.8 Å². The molecule has 2 unspecified atom stereocenters. The molecule has 1 aromatic rings. The van der Waals surface area contributed by atoms with Gasteiger partial charge in [-0.25, -0.2) is 0 Å². The van der Waals surface area contributed by atoms with Crippen LogP contribution in [0.25, 0.3) is 0 Å². The number of benzene rings is 1. The first-order valence-corrected chi connectivity index (χ1v) is 8.23. The van der Waals surface area contributed by atoms with Gasteiger partial charge in [-0.1, -0.05) is 17.7 Å². The fraction of sp³-hybridized carbons (Fsp3) is 0.500. The first-order chi connectivity index (χ1) is 9.90. The van der Waals surface area contributed by atoms with Gasteiger partial charge in [0.25, 0.3) is 0 Å². The van der Waals surface area contributed by atoms with Crippen molar-refractivity contribution in [1.29, 1.82) is 0 Å². The quantitative estimate of drug-likeness (QED) is 0.914. The molecule has 2 aliphatic heterocycles. The van der Waals surface area contributed by atoms with Gasteiger partial charge in [0.2, 0.25) is 11.8 Å². The minimum atomic E-state index is -0.351. The zero-order valence-electron chi connectivity index (χ0n) is 12.6. The second-order valence-electron chi connectivity index (χ2n) is 6.07. The molecule has 1 aromatic carbocycles. The molecule has 0 bridgehead atoms. The lowest BCUT2D eigenvalue weighted by Crippen LogP contribution is -2.48. The third-order valence-electron chi connectivity index (χ3n) is 4.39. The average Bonchev–Trinajstić information content (AvgIpc) is 2.90. The maximum absolute atomic E-state index is 12.6. The van der Waals surface area contributed by atoms with Crippen molar-refractivity contribution in [2.45, 2.75) is 44.5 Å². The summed E-state index contributed by atoms with van der Waals surface area (Å²) in [6.07, 6.45) is 1.39. The van der Waals surface area contributed by atoms with Crippen LogP contribution in [0.3, 0.4) is 0 Å². The molecule has 1 N–H and O–H groups in total. The summed E-state index contributed by atoms with van der Waals surface area (Å²) in [4.78, 5) is 26.2. The Labute approximate surface area is 129 Å². The second-order valence-corrected chi connectivity index (χ2v) is 7.57. The van der Waals surface area contributed by atoms with E-state index < -0.39 is 0 Å². The lowest BCUT2D eigenvalue weighted by molar-refractivity contribution is -0.135. The van der Waals surface area contributed by atoms with Crippen molar-refractivity contribution >= 4 is 29.3 Å². The third kappa shape index (κ3) is 2.44. The molecule has 4 nitrogen and oxygen atoms in total. The smallest absolute Gasteiger partial charge is 0.248 e. The maximum atomic E-state index is 12.6. The van der Waals surface area contributed by atoms with Gasteiger partial charge >= 0.3 is 0 Å². The van der Waals surface area contributed by atoms with Gasteiger partial charge in [-0.2, -0.15) is 0 Å². The highest BCUT2D eigenvalue weighted by molar-refractivity contribution is 8.01. The third-order valence-corrected chi connectivity index (χ3v) is 5.89. The monoisotopic (exact) mass is 304 g/mol. The fourth-order valence-electron chi connectivity index (χ4n) is 3.18.